The topological polar surface area (TPSA) is 29.5 Å². The molecule has 3 fully saturated rings. The fraction of sp³-hybridized carbons (Fsp3) is 1.00. The molecule has 6 unspecified atom stereocenters. The van der Waals surface area contributed by atoms with Gasteiger partial charge in [-0.2, -0.15) is 0 Å². The van der Waals surface area contributed by atoms with E-state index in [1.54, 1.807) is 0 Å². The van der Waals surface area contributed by atoms with Gasteiger partial charge in [0.15, 0.2) is 5.79 Å². The van der Waals surface area contributed by atoms with Crippen molar-refractivity contribution in [1.29, 1.82) is 0 Å². The molecule has 1 N–H and O–H groups in total. The predicted octanol–water partition coefficient (Wildman–Crippen LogP) is 3.71. The van der Waals surface area contributed by atoms with E-state index in [2.05, 4.69) is 43.6 Å². The first kappa shape index (κ1) is 13.4. The highest BCUT2D eigenvalue weighted by molar-refractivity contribution is 9.10. The lowest BCUT2D eigenvalue weighted by Crippen LogP contribution is -2.56. The Morgan fingerprint density at radius 1 is 1.33 bits per heavy atom. The smallest absolute Gasteiger partial charge is 0.170 e. The Labute approximate surface area is 119 Å². The summed E-state index contributed by atoms with van der Waals surface area (Å²) in [4.78, 5) is 0. The van der Waals surface area contributed by atoms with Crippen LogP contribution in [0.15, 0.2) is 0 Å². The molecule has 2 bridgehead atoms. The van der Waals surface area contributed by atoms with Crippen molar-refractivity contribution in [2.45, 2.75) is 69.1 Å². The quantitative estimate of drug-likeness (QED) is 0.747. The van der Waals surface area contributed by atoms with Gasteiger partial charge in [0.05, 0.1) is 5.60 Å². The largest absolute Gasteiger partial charge is 0.365 e. The Morgan fingerprint density at radius 3 is 2.61 bits per heavy atom. The Kier molecular flexibility index (Phi) is 2.78. The number of fused-ring (bicyclic) bond motifs is 1. The molecule has 2 heterocycles. The van der Waals surface area contributed by atoms with Crippen LogP contribution in [0.1, 0.15) is 53.4 Å². The summed E-state index contributed by atoms with van der Waals surface area (Å²) >= 11 is 3.91. The second-order valence-electron chi connectivity index (χ2n) is 7.44. The number of ether oxygens (including phenoxy) is 1. The van der Waals surface area contributed by atoms with Crippen LogP contribution in [-0.2, 0) is 4.74 Å². The summed E-state index contributed by atoms with van der Waals surface area (Å²) in [5.74, 6) is 0.949. The third-order valence-corrected chi connectivity index (χ3v) is 6.76. The molecule has 104 valence electrons. The van der Waals surface area contributed by atoms with Gasteiger partial charge >= 0.3 is 0 Å². The van der Waals surface area contributed by atoms with Crippen molar-refractivity contribution in [2.24, 2.45) is 23.7 Å². The van der Waals surface area contributed by atoms with Crippen LogP contribution < -0.4 is 0 Å². The van der Waals surface area contributed by atoms with Crippen LogP contribution in [0, 0.1) is 23.7 Å². The molecule has 2 aliphatic heterocycles. The zero-order valence-corrected chi connectivity index (χ0v) is 13.5. The highest BCUT2D eigenvalue weighted by Crippen LogP contribution is 2.66. The molecule has 3 heteroatoms. The molecule has 1 spiro atoms. The molecule has 0 aromatic rings. The molecule has 0 amide bonds. The SMILES string of the molecule is CC(C)C1CC23OC1(O)CC(C)(Br)C2CCC3C. The van der Waals surface area contributed by atoms with Crippen molar-refractivity contribution >= 4 is 15.9 Å². The molecule has 3 aliphatic rings. The molecule has 3 rings (SSSR count). The van der Waals surface area contributed by atoms with Crippen molar-refractivity contribution in [1.82, 2.24) is 0 Å². The third kappa shape index (κ3) is 1.53. The van der Waals surface area contributed by atoms with E-state index >= 15 is 0 Å². The normalized spacial score (nSPS) is 59.2. The van der Waals surface area contributed by atoms with Gasteiger partial charge < -0.3 is 9.84 Å². The van der Waals surface area contributed by atoms with Gasteiger partial charge in [0, 0.05) is 22.6 Å². The highest BCUT2D eigenvalue weighted by Gasteiger charge is 2.70. The summed E-state index contributed by atoms with van der Waals surface area (Å²) in [6, 6.07) is 0. The lowest BCUT2D eigenvalue weighted by molar-refractivity contribution is -0.288. The van der Waals surface area contributed by atoms with Crippen LogP contribution in [0.2, 0.25) is 0 Å². The van der Waals surface area contributed by atoms with Gasteiger partial charge in [-0.05, 0) is 38.0 Å². The standard InChI is InChI=1S/C15H25BrO2/c1-9(2)11-7-14-10(3)5-6-12(14)13(4,16)8-15(11,17)18-14/h9-12,17H,5-8H2,1-4H3. The fourth-order valence-electron chi connectivity index (χ4n) is 5.07. The molecule has 1 saturated carbocycles. The summed E-state index contributed by atoms with van der Waals surface area (Å²) in [5, 5.41) is 11.0. The molecule has 1 aliphatic carbocycles. The molecule has 0 radical (unpaired) electrons. The van der Waals surface area contributed by atoms with Crippen molar-refractivity contribution in [2.75, 3.05) is 0 Å². The third-order valence-electron chi connectivity index (χ3n) is 5.93. The second-order valence-corrected chi connectivity index (χ2v) is 9.25. The highest BCUT2D eigenvalue weighted by atomic mass is 79.9. The first-order valence-corrected chi connectivity index (χ1v) is 8.12. The van der Waals surface area contributed by atoms with Crippen molar-refractivity contribution in [3.8, 4) is 0 Å². The second kappa shape index (κ2) is 3.73. The zero-order valence-electron chi connectivity index (χ0n) is 11.9. The molecule has 0 aromatic heterocycles. The van der Waals surface area contributed by atoms with Crippen LogP contribution in [0.4, 0.5) is 0 Å². The van der Waals surface area contributed by atoms with E-state index in [0.29, 0.717) is 17.8 Å². The minimum atomic E-state index is -0.915. The van der Waals surface area contributed by atoms with E-state index in [0.717, 1.165) is 12.8 Å². The van der Waals surface area contributed by atoms with E-state index in [4.69, 9.17) is 4.74 Å². The van der Waals surface area contributed by atoms with Crippen LogP contribution >= 0.6 is 15.9 Å². The Hall–Kier alpha value is 0.400. The maximum Gasteiger partial charge on any atom is 0.170 e. The van der Waals surface area contributed by atoms with E-state index in [1.807, 2.05) is 0 Å². The number of halogens is 1. The molecular weight excluding hydrogens is 292 g/mol. The molecular formula is C15H25BrO2. The Balaban J connectivity index is 2.06. The van der Waals surface area contributed by atoms with E-state index < -0.39 is 5.79 Å². The van der Waals surface area contributed by atoms with Gasteiger partial charge in [-0.25, -0.2) is 0 Å². The maximum atomic E-state index is 11.0. The summed E-state index contributed by atoms with van der Waals surface area (Å²) in [5.41, 5.74) is -0.0831. The number of aliphatic hydroxyl groups is 1. The molecule has 18 heavy (non-hydrogen) atoms. The van der Waals surface area contributed by atoms with Gasteiger partial charge in [-0.1, -0.05) is 36.7 Å². The monoisotopic (exact) mass is 316 g/mol. The molecule has 0 aromatic carbocycles. The minimum Gasteiger partial charge on any atom is -0.365 e. The van der Waals surface area contributed by atoms with Crippen LogP contribution in [0.5, 0.6) is 0 Å². The van der Waals surface area contributed by atoms with Gasteiger partial charge in [-0.3, -0.25) is 0 Å². The average molecular weight is 317 g/mol. The van der Waals surface area contributed by atoms with Crippen molar-refractivity contribution in [3.63, 3.8) is 0 Å². The first-order chi connectivity index (χ1) is 8.21. The molecule has 2 nitrogen and oxygen atoms in total. The van der Waals surface area contributed by atoms with E-state index in [9.17, 15) is 5.11 Å². The van der Waals surface area contributed by atoms with Crippen molar-refractivity contribution < 1.29 is 9.84 Å². The summed E-state index contributed by atoms with van der Waals surface area (Å²) in [7, 11) is 0. The van der Waals surface area contributed by atoms with Gasteiger partial charge in [0.2, 0.25) is 0 Å². The first-order valence-electron chi connectivity index (χ1n) is 7.33. The Bertz CT molecular complexity index is 368. The molecule has 2 saturated heterocycles. The van der Waals surface area contributed by atoms with Crippen LogP contribution in [-0.4, -0.2) is 20.8 Å². The summed E-state index contributed by atoms with van der Waals surface area (Å²) in [6.07, 6.45) is 4.22. The number of rotatable bonds is 1. The van der Waals surface area contributed by atoms with Gasteiger partial charge in [0.1, 0.15) is 0 Å². The summed E-state index contributed by atoms with van der Waals surface area (Å²) < 4.78 is 6.37. The van der Waals surface area contributed by atoms with E-state index in [1.165, 1.54) is 12.8 Å². The Morgan fingerprint density at radius 2 is 2.00 bits per heavy atom. The van der Waals surface area contributed by atoms with Gasteiger partial charge in [-0.15, -0.1) is 0 Å². The lowest BCUT2D eigenvalue weighted by Gasteiger charge is -2.50. The summed E-state index contributed by atoms with van der Waals surface area (Å²) in [6.45, 7) is 8.98. The number of hydrogen-bond donors (Lipinski definition) is 1. The maximum absolute atomic E-state index is 11.0. The lowest BCUT2D eigenvalue weighted by atomic mass is 9.75. The fourth-order valence-corrected chi connectivity index (χ4v) is 6.08. The number of hydrogen-bond acceptors (Lipinski definition) is 2. The predicted molar refractivity (Wildman–Crippen MR) is 75.5 cm³/mol. The van der Waals surface area contributed by atoms with Crippen molar-refractivity contribution in [3.05, 3.63) is 0 Å². The van der Waals surface area contributed by atoms with E-state index in [-0.39, 0.29) is 15.8 Å². The van der Waals surface area contributed by atoms with Crippen LogP contribution in [0.25, 0.3) is 0 Å². The minimum absolute atomic E-state index is 0.0222. The number of alkyl halides is 1. The zero-order chi connectivity index (χ0) is 13.3. The molecule has 6 atom stereocenters. The van der Waals surface area contributed by atoms with Crippen LogP contribution in [0.3, 0.4) is 0 Å². The average Bonchev–Trinajstić information content (AvgIpc) is 2.65. The van der Waals surface area contributed by atoms with Gasteiger partial charge in [0.25, 0.3) is 0 Å².